The van der Waals surface area contributed by atoms with Gasteiger partial charge in [0.05, 0.1) is 0 Å². The number of nitrogens with zero attached hydrogens (tertiary/aromatic N) is 1. The van der Waals surface area contributed by atoms with Gasteiger partial charge in [0.2, 0.25) is 11.8 Å². The van der Waals surface area contributed by atoms with Gasteiger partial charge in [-0.15, -0.1) is 12.4 Å². The summed E-state index contributed by atoms with van der Waals surface area (Å²) >= 11 is 0. The van der Waals surface area contributed by atoms with Crippen molar-refractivity contribution in [1.82, 2.24) is 5.32 Å². The van der Waals surface area contributed by atoms with E-state index in [1.54, 1.807) is 4.90 Å². The van der Waals surface area contributed by atoms with Crippen molar-refractivity contribution < 1.29 is 9.59 Å². The second-order valence-corrected chi connectivity index (χ2v) is 5.66. The Bertz CT molecular complexity index is 517. The van der Waals surface area contributed by atoms with E-state index >= 15 is 0 Å². The van der Waals surface area contributed by atoms with E-state index in [2.05, 4.69) is 19.2 Å². The van der Waals surface area contributed by atoms with Gasteiger partial charge in [0.15, 0.2) is 0 Å². The monoisotopic (exact) mass is 325 g/mol. The summed E-state index contributed by atoms with van der Waals surface area (Å²) in [5.74, 6) is -0.460. The van der Waals surface area contributed by atoms with Crippen molar-refractivity contribution in [1.29, 1.82) is 0 Å². The third-order valence-corrected chi connectivity index (χ3v) is 3.84. The van der Waals surface area contributed by atoms with Crippen molar-refractivity contribution in [3.8, 4) is 0 Å². The minimum Gasteiger partial charge on any atom is -0.354 e. The molecule has 1 unspecified atom stereocenters. The van der Waals surface area contributed by atoms with Crippen molar-refractivity contribution in [2.75, 3.05) is 24.5 Å². The van der Waals surface area contributed by atoms with Crippen LogP contribution >= 0.6 is 12.4 Å². The molecule has 22 heavy (non-hydrogen) atoms. The molecule has 0 spiro atoms. The fraction of sp³-hybridized carbons (Fsp3) is 0.500. The number of benzene rings is 1. The summed E-state index contributed by atoms with van der Waals surface area (Å²) in [6, 6.07) is 7.98. The Hall–Kier alpha value is -1.59. The number of nitrogens with two attached hydrogens (primary N) is 1. The van der Waals surface area contributed by atoms with Crippen LogP contribution in [0.2, 0.25) is 0 Å². The number of nitrogens with one attached hydrogen (secondary N) is 1. The van der Waals surface area contributed by atoms with Crippen molar-refractivity contribution in [3.05, 3.63) is 29.8 Å². The second kappa shape index (κ2) is 8.15. The highest BCUT2D eigenvalue weighted by Gasteiger charge is 2.37. The van der Waals surface area contributed by atoms with Gasteiger partial charge in [0, 0.05) is 25.3 Å². The number of amides is 2. The lowest BCUT2D eigenvalue weighted by Crippen LogP contribution is -2.38. The Balaban J connectivity index is 0.00000242. The largest absolute Gasteiger partial charge is 0.354 e. The number of halogens is 1. The van der Waals surface area contributed by atoms with E-state index in [1.807, 2.05) is 24.3 Å². The molecule has 0 radical (unpaired) electrons. The van der Waals surface area contributed by atoms with Crippen molar-refractivity contribution in [2.24, 2.45) is 11.7 Å². The molecule has 1 aliphatic rings. The van der Waals surface area contributed by atoms with Crippen molar-refractivity contribution in [3.63, 3.8) is 0 Å². The van der Waals surface area contributed by atoms with Crippen LogP contribution in [0.5, 0.6) is 0 Å². The average Bonchev–Trinajstić information content (AvgIpc) is 2.86. The molecule has 0 aliphatic carbocycles. The molecule has 1 aromatic rings. The second-order valence-electron chi connectivity index (χ2n) is 5.66. The van der Waals surface area contributed by atoms with Gasteiger partial charge in [-0.1, -0.05) is 26.0 Å². The molecule has 1 aliphatic heterocycles. The normalized spacial score (nSPS) is 17.5. The molecular weight excluding hydrogens is 302 g/mol. The third kappa shape index (κ3) is 3.99. The first kappa shape index (κ1) is 18.5. The Morgan fingerprint density at radius 1 is 1.36 bits per heavy atom. The van der Waals surface area contributed by atoms with Gasteiger partial charge in [0.1, 0.15) is 5.92 Å². The molecule has 1 atom stereocenters. The van der Waals surface area contributed by atoms with Gasteiger partial charge in [-0.05, 0) is 30.0 Å². The van der Waals surface area contributed by atoms with E-state index < -0.39 is 5.92 Å². The first-order valence-electron chi connectivity index (χ1n) is 7.43. The van der Waals surface area contributed by atoms with E-state index in [0.717, 1.165) is 5.69 Å². The molecule has 6 heteroatoms. The Morgan fingerprint density at radius 3 is 2.55 bits per heavy atom. The van der Waals surface area contributed by atoms with Crippen LogP contribution in [-0.4, -0.2) is 31.4 Å². The van der Waals surface area contributed by atoms with E-state index in [-0.39, 0.29) is 24.2 Å². The molecule has 0 aromatic heterocycles. The molecule has 0 bridgehead atoms. The number of anilines is 1. The lowest BCUT2D eigenvalue weighted by molar-refractivity contribution is -0.132. The molecule has 0 saturated carbocycles. The van der Waals surface area contributed by atoms with Gasteiger partial charge in [-0.25, -0.2) is 0 Å². The predicted molar refractivity (Wildman–Crippen MR) is 90.3 cm³/mol. The first-order valence-corrected chi connectivity index (χ1v) is 7.43. The zero-order valence-corrected chi connectivity index (χ0v) is 13.9. The minimum atomic E-state index is -0.582. The molecule has 5 nitrogen and oxygen atoms in total. The Morgan fingerprint density at radius 2 is 2.00 bits per heavy atom. The summed E-state index contributed by atoms with van der Waals surface area (Å²) < 4.78 is 0. The smallest absolute Gasteiger partial charge is 0.239 e. The minimum absolute atomic E-state index is 0. The molecule has 1 fully saturated rings. The van der Waals surface area contributed by atoms with Crippen LogP contribution in [0, 0.1) is 5.92 Å². The van der Waals surface area contributed by atoms with Crippen LogP contribution in [0.15, 0.2) is 24.3 Å². The standard InChI is InChI=1S/C16H23N3O2.ClH/c1-11(2)12-3-5-13(6-4-12)19-10-7-14(16(19)21)15(20)18-9-8-17;/h3-6,11,14H,7-10,17H2,1-2H3,(H,18,20);1H. The zero-order valence-electron chi connectivity index (χ0n) is 13.0. The highest BCUT2D eigenvalue weighted by atomic mass is 35.5. The quantitative estimate of drug-likeness (QED) is 0.808. The topological polar surface area (TPSA) is 75.4 Å². The summed E-state index contributed by atoms with van der Waals surface area (Å²) in [7, 11) is 0. The number of hydrogen-bond acceptors (Lipinski definition) is 3. The fourth-order valence-electron chi connectivity index (χ4n) is 2.54. The molecular formula is C16H24ClN3O2. The third-order valence-electron chi connectivity index (χ3n) is 3.84. The number of rotatable bonds is 5. The van der Waals surface area contributed by atoms with Gasteiger partial charge in [0.25, 0.3) is 0 Å². The van der Waals surface area contributed by atoms with E-state index in [4.69, 9.17) is 5.73 Å². The van der Waals surface area contributed by atoms with Crippen LogP contribution in [0.4, 0.5) is 5.69 Å². The van der Waals surface area contributed by atoms with Crippen LogP contribution in [-0.2, 0) is 9.59 Å². The molecule has 2 rings (SSSR count). The van der Waals surface area contributed by atoms with Crippen molar-refractivity contribution in [2.45, 2.75) is 26.2 Å². The van der Waals surface area contributed by atoms with Gasteiger partial charge < -0.3 is 16.0 Å². The SMILES string of the molecule is CC(C)c1ccc(N2CCC(C(=O)NCCN)C2=O)cc1.Cl. The highest BCUT2D eigenvalue weighted by Crippen LogP contribution is 2.27. The summed E-state index contributed by atoms with van der Waals surface area (Å²) in [6.45, 7) is 5.64. The maximum atomic E-state index is 12.4. The molecule has 1 heterocycles. The van der Waals surface area contributed by atoms with Gasteiger partial charge >= 0.3 is 0 Å². The first-order chi connectivity index (χ1) is 10.0. The molecule has 3 N–H and O–H groups in total. The summed E-state index contributed by atoms with van der Waals surface area (Å²) in [6.07, 6.45) is 0.557. The maximum Gasteiger partial charge on any atom is 0.239 e. The summed E-state index contributed by atoms with van der Waals surface area (Å²) in [4.78, 5) is 26.0. The van der Waals surface area contributed by atoms with Crippen LogP contribution in [0.3, 0.4) is 0 Å². The lowest BCUT2D eigenvalue weighted by Gasteiger charge is -2.17. The number of carbonyl (C=O) groups is 2. The van der Waals surface area contributed by atoms with Crippen LogP contribution < -0.4 is 16.0 Å². The Kier molecular flexibility index (Phi) is 6.84. The number of hydrogen-bond donors (Lipinski definition) is 2. The molecule has 122 valence electrons. The van der Waals surface area contributed by atoms with E-state index in [9.17, 15) is 9.59 Å². The predicted octanol–water partition coefficient (Wildman–Crippen LogP) is 1.66. The van der Waals surface area contributed by atoms with Crippen LogP contribution in [0.1, 0.15) is 31.7 Å². The highest BCUT2D eigenvalue weighted by molar-refractivity contribution is 6.09. The summed E-state index contributed by atoms with van der Waals surface area (Å²) in [5, 5.41) is 2.69. The van der Waals surface area contributed by atoms with Crippen LogP contribution in [0.25, 0.3) is 0 Å². The van der Waals surface area contributed by atoms with E-state index in [0.29, 0.717) is 32.0 Å². The fourth-order valence-corrected chi connectivity index (χ4v) is 2.54. The van der Waals surface area contributed by atoms with Gasteiger partial charge in [-0.2, -0.15) is 0 Å². The molecule has 1 saturated heterocycles. The molecule has 2 amide bonds. The maximum absolute atomic E-state index is 12.4. The lowest BCUT2D eigenvalue weighted by atomic mass is 10.0. The Labute approximate surface area is 137 Å². The average molecular weight is 326 g/mol. The van der Waals surface area contributed by atoms with Crippen molar-refractivity contribution >= 4 is 29.9 Å². The number of carbonyl (C=O) groups excluding carboxylic acids is 2. The molecule has 1 aromatic carbocycles. The van der Waals surface area contributed by atoms with E-state index in [1.165, 1.54) is 5.56 Å². The van der Waals surface area contributed by atoms with Gasteiger partial charge in [-0.3, -0.25) is 9.59 Å². The summed E-state index contributed by atoms with van der Waals surface area (Å²) in [5.41, 5.74) is 7.46. The zero-order chi connectivity index (χ0) is 15.4.